The van der Waals surface area contributed by atoms with Crippen molar-refractivity contribution in [3.8, 4) is 0 Å². The molecular formula is C13H21N5O2S. The number of aryl methyl sites for hydroxylation is 1. The smallest absolute Gasteiger partial charge is 0.242 e. The Morgan fingerprint density at radius 2 is 2.19 bits per heavy atom. The Morgan fingerprint density at radius 3 is 2.86 bits per heavy atom. The molecular weight excluding hydrogens is 290 g/mol. The minimum atomic E-state index is -3.48. The molecule has 2 rings (SSSR count). The van der Waals surface area contributed by atoms with Gasteiger partial charge in [0.1, 0.15) is 0 Å². The molecule has 0 atom stereocenters. The van der Waals surface area contributed by atoms with Crippen LogP contribution in [0.2, 0.25) is 0 Å². The highest BCUT2D eigenvalue weighted by Gasteiger charge is 2.16. The van der Waals surface area contributed by atoms with Crippen LogP contribution in [0.4, 0.5) is 0 Å². The van der Waals surface area contributed by atoms with Gasteiger partial charge in [0.05, 0.1) is 11.4 Å². The first-order chi connectivity index (χ1) is 10.0. The van der Waals surface area contributed by atoms with Crippen molar-refractivity contribution in [3.63, 3.8) is 0 Å². The molecule has 21 heavy (non-hydrogen) atoms. The molecule has 7 nitrogen and oxygen atoms in total. The highest BCUT2D eigenvalue weighted by atomic mass is 32.2. The van der Waals surface area contributed by atoms with Crippen molar-refractivity contribution < 1.29 is 8.42 Å². The number of nitrogens with one attached hydrogen (secondary N) is 2. The third-order valence-electron chi connectivity index (χ3n) is 3.14. The van der Waals surface area contributed by atoms with Gasteiger partial charge >= 0.3 is 0 Å². The summed E-state index contributed by atoms with van der Waals surface area (Å²) in [6, 6.07) is 3.50. The molecule has 0 spiro atoms. The topological polar surface area (TPSA) is 81.0 Å². The summed E-state index contributed by atoms with van der Waals surface area (Å²) in [5.41, 5.74) is 0.935. The van der Waals surface area contributed by atoms with Crippen LogP contribution in [0.25, 0.3) is 0 Å². The lowest BCUT2D eigenvalue weighted by Crippen LogP contribution is -2.27. The van der Waals surface area contributed by atoms with Gasteiger partial charge in [-0.25, -0.2) is 13.1 Å². The molecule has 2 N–H and O–H groups in total. The van der Waals surface area contributed by atoms with Crippen molar-refractivity contribution in [1.29, 1.82) is 0 Å². The van der Waals surface area contributed by atoms with Crippen molar-refractivity contribution >= 4 is 10.0 Å². The lowest BCUT2D eigenvalue weighted by atomic mass is 10.4. The molecule has 2 aromatic rings. The molecule has 0 aromatic carbocycles. The number of aromatic nitrogens is 3. The molecule has 2 aromatic heterocycles. The van der Waals surface area contributed by atoms with E-state index in [-0.39, 0.29) is 0 Å². The fraction of sp³-hybridized carbons (Fsp3) is 0.462. The first-order valence-corrected chi connectivity index (χ1v) is 8.34. The van der Waals surface area contributed by atoms with E-state index >= 15 is 0 Å². The number of sulfonamides is 1. The van der Waals surface area contributed by atoms with Gasteiger partial charge in [-0.3, -0.25) is 4.68 Å². The maximum absolute atomic E-state index is 12.2. The van der Waals surface area contributed by atoms with Crippen molar-refractivity contribution in [2.24, 2.45) is 7.05 Å². The number of hydrogen-bond donors (Lipinski definition) is 2. The van der Waals surface area contributed by atoms with Crippen LogP contribution < -0.4 is 10.0 Å². The number of hydrogen-bond acceptors (Lipinski definition) is 4. The molecule has 0 saturated heterocycles. The molecule has 0 fully saturated rings. The summed E-state index contributed by atoms with van der Waals surface area (Å²) in [7, 11) is -1.64. The second kappa shape index (κ2) is 6.88. The summed E-state index contributed by atoms with van der Waals surface area (Å²) in [5, 5.41) is 7.21. The number of rotatable bonds is 8. The van der Waals surface area contributed by atoms with Crippen molar-refractivity contribution in [2.75, 3.05) is 13.1 Å². The summed E-state index contributed by atoms with van der Waals surface area (Å²) in [6.45, 7) is 4.31. The Balaban J connectivity index is 1.98. The molecule has 2 heterocycles. The zero-order valence-corrected chi connectivity index (χ0v) is 13.1. The van der Waals surface area contributed by atoms with E-state index in [1.165, 1.54) is 0 Å². The van der Waals surface area contributed by atoms with Crippen LogP contribution in [0.5, 0.6) is 0 Å². The lowest BCUT2D eigenvalue weighted by Gasteiger charge is -2.05. The predicted octanol–water partition coefficient (Wildman–Crippen LogP) is 0.310. The van der Waals surface area contributed by atoms with Gasteiger partial charge in [0.2, 0.25) is 10.0 Å². The van der Waals surface area contributed by atoms with Gasteiger partial charge in [0.25, 0.3) is 0 Å². The van der Waals surface area contributed by atoms with E-state index < -0.39 is 10.0 Å². The molecule has 0 aliphatic rings. The fourth-order valence-corrected chi connectivity index (χ4v) is 3.08. The normalized spacial score (nSPS) is 11.9. The Hall–Kier alpha value is -1.64. The largest absolute Gasteiger partial charge is 0.352 e. The fourth-order valence-electron chi connectivity index (χ4n) is 1.96. The SMILES string of the molecule is CCNCc1cc(S(=O)(=O)NCCn2cccn2)cn1C. The summed E-state index contributed by atoms with van der Waals surface area (Å²) >= 11 is 0. The second-order valence-corrected chi connectivity index (χ2v) is 6.49. The first kappa shape index (κ1) is 15.7. The minimum Gasteiger partial charge on any atom is -0.352 e. The summed E-state index contributed by atoms with van der Waals surface area (Å²) < 4.78 is 30.5. The van der Waals surface area contributed by atoms with Gasteiger partial charge in [-0.2, -0.15) is 5.10 Å². The van der Waals surface area contributed by atoms with E-state index in [0.29, 0.717) is 24.5 Å². The van der Waals surface area contributed by atoms with Crippen LogP contribution in [0.1, 0.15) is 12.6 Å². The third-order valence-corrected chi connectivity index (χ3v) is 4.57. The van der Waals surface area contributed by atoms with Crippen LogP contribution >= 0.6 is 0 Å². The molecule has 0 aliphatic heterocycles. The van der Waals surface area contributed by atoms with E-state index in [1.807, 2.05) is 18.5 Å². The maximum Gasteiger partial charge on any atom is 0.242 e. The van der Waals surface area contributed by atoms with Crippen LogP contribution in [-0.2, 0) is 30.2 Å². The molecule has 0 saturated carbocycles. The van der Waals surface area contributed by atoms with Gasteiger partial charge < -0.3 is 9.88 Å². The summed E-state index contributed by atoms with van der Waals surface area (Å²) in [4.78, 5) is 0.290. The van der Waals surface area contributed by atoms with Crippen molar-refractivity contribution in [2.45, 2.75) is 24.9 Å². The summed E-state index contributed by atoms with van der Waals surface area (Å²) in [6.07, 6.45) is 5.09. The Bertz CT molecular complexity index is 661. The van der Waals surface area contributed by atoms with Crippen molar-refractivity contribution in [3.05, 3.63) is 36.4 Å². The molecule has 8 heteroatoms. The standard InChI is InChI=1S/C13H21N5O2S/c1-3-14-10-12-9-13(11-17(12)2)21(19,20)16-6-8-18-7-4-5-15-18/h4-5,7,9,11,14,16H,3,6,8,10H2,1-2H3. The Morgan fingerprint density at radius 1 is 1.38 bits per heavy atom. The van der Waals surface area contributed by atoms with Crippen LogP contribution in [0, 0.1) is 0 Å². The third kappa shape index (κ3) is 4.16. The van der Waals surface area contributed by atoms with Crippen LogP contribution in [-0.4, -0.2) is 35.9 Å². The Labute approximate surface area is 125 Å². The number of nitrogens with zero attached hydrogens (tertiary/aromatic N) is 3. The quantitative estimate of drug-likeness (QED) is 0.735. The van der Waals surface area contributed by atoms with Crippen LogP contribution in [0.15, 0.2) is 35.6 Å². The molecule has 0 aliphatic carbocycles. The lowest BCUT2D eigenvalue weighted by molar-refractivity contribution is 0.560. The molecule has 0 unspecified atom stereocenters. The molecule has 0 bridgehead atoms. The monoisotopic (exact) mass is 311 g/mol. The van der Waals surface area contributed by atoms with Crippen molar-refractivity contribution in [1.82, 2.24) is 24.4 Å². The van der Waals surface area contributed by atoms with E-state index in [9.17, 15) is 8.42 Å². The molecule has 116 valence electrons. The van der Waals surface area contributed by atoms with E-state index in [2.05, 4.69) is 15.1 Å². The van der Waals surface area contributed by atoms with Crippen LogP contribution in [0.3, 0.4) is 0 Å². The molecule has 0 radical (unpaired) electrons. The van der Waals surface area contributed by atoms with Gasteiger partial charge in [0, 0.05) is 44.4 Å². The second-order valence-electron chi connectivity index (χ2n) is 4.73. The highest BCUT2D eigenvalue weighted by Crippen LogP contribution is 2.13. The van der Waals surface area contributed by atoms with Gasteiger partial charge in [-0.05, 0) is 18.7 Å². The zero-order valence-electron chi connectivity index (χ0n) is 12.3. The first-order valence-electron chi connectivity index (χ1n) is 6.86. The van der Waals surface area contributed by atoms with E-state index in [4.69, 9.17) is 0 Å². The average molecular weight is 311 g/mol. The predicted molar refractivity (Wildman–Crippen MR) is 80.2 cm³/mol. The maximum atomic E-state index is 12.2. The van der Waals surface area contributed by atoms with Gasteiger partial charge in [0.15, 0.2) is 0 Å². The van der Waals surface area contributed by atoms with Gasteiger partial charge in [-0.15, -0.1) is 0 Å². The molecule has 0 amide bonds. The van der Waals surface area contributed by atoms with Gasteiger partial charge in [-0.1, -0.05) is 6.92 Å². The van der Waals surface area contributed by atoms with E-state index in [0.717, 1.165) is 12.2 Å². The Kier molecular flexibility index (Phi) is 5.16. The average Bonchev–Trinajstić information content (AvgIpc) is 3.06. The minimum absolute atomic E-state index is 0.290. The highest BCUT2D eigenvalue weighted by molar-refractivity contribution is 7.89. The van der Waals surface area contributed by atoms with E-state index in [1.54, 1.807) is 35.4 Å². The zero-order chi connectivity index (χ0) is 15.3. The summed E-state index contributed by atoms with van der Waals surface area (Å²) in [5.74, 6) is 0.